The van der Waals surface area contributed by atoms with Crippen LogP contribution in [-0.2, 0) is 4.79 Å². The van der Waals surface area contributed by atoms with Crippen molar-refractivity contribution in [1.29, 1.82) is 0 Å². The van der Waals surface area contributed by atoms with Crippen LogP contribution in [0.5, 0.6) is 11.5 Å². The Morgan fingerprint density at radius 2 is 1.89 bits per heavy atom. The predicted octanol–water partition coefficient (Wildman–Crippen LogP) is 3.96. The number of carbonyl (C=O) groups excluding carboxylic acids is 1. The van der Waals surface area contributed by atoms with Crippen molar-refractivity contribution in [2.45, 2.75) is 19.8 Å². The molecule has 0 saturated carbocycles. The van der Waals surface area contributed by atoms with E-state index < -0.39 is 10.8 Å². The van der Waals surface area contributed by atoms with Crippen LogP contribution in [0.1, 0.15) is 25.3 Å². The SMILES string of the molecule is CCCCOc1ccc(OCC(=O)N/N=C\c2cc(Cl)ccc2[N+](=O)[O-])cc1. The number of nitro groups is 1. The number of hydrogen-bond donors (Lipinski definition) is 1. The Hall–Kier alpha value is -3.13. The average Bonchev–Trinajstić information content (AvgIpc) is 2.67. The number of ether oxygens (including phenoxy) is 2. The zero-order chi connectivity index (χ0) is 20.4. The highest BCUT2D eigenvalue weighted by Crippen LogP contribution is 2.21. The number of rotatable bonds is 10. The number of benzene rings is 2. The first-order chi connectivity index (χ1) is 13.5. The lowest BCUT2D eigenvalue weighted by atomic mass is 10.2. The number of nitrogens with one attached hydrogen (secondary N) is 1. The summed E-state index contributed by atoms with van der Waals surface area (Å²) in [5, 5.41) is 15.0. The van der Waals surface area contributed by atoms with Gasteiger partial charge in [0, 0.05) is 11.1 Å². The second-order valence-corrected chi connectivity index (χ2v) is 6.15. The summed E-state index contributed by atoms with van der Waals surface area (Å²) in [7, 11) is 0. The molecule has 0 unspecified atom stereocenters. The van der Waals surface area contributed by atoms with Gasteiger partial charge in [-0.25, -0.2) is 5.43 Å². The second kappa shape index (κ2) is 10.9. The smallest absolute Gasteiger partial charge is 0.278 e. The summed E-state index contributed by atoms with van der Waals surface area (Å²) in [6, 6.07) is 11.0. The fourth-order valence-electron chi connectivity index (χ4n) is 2.12. The molecule has 2 aromatic carbocycles. The van der Waals surface area contributed by atoms with Gasteiger partial charge in [-0.3, -0.25) is 14.9 Å². The van der Waals surface area contributed by atoms with Crippen molar-refractivity contribution < 1.29 is 19.2 Å². The van der Waals surface area contributed by atoms with E-state index in [1.807, 2.05) is 0 Å². The summed E-state index contributed by atoms with van der Waals surface area (Å²) < 4.78 is 10.9. The van der Waals surface area contributed by atoms with E-state index in [0.717, 1.165) is 24.8 Å². The Kier molecular flexibility index (Phi) is 8.23. The fourth-order valence-corrected chi connectivity index (χ4v) is 2.30. The summed E-state index contributed by atoms with van der Waals surface area (Å²) in [5.41, 5.74) is 2.26. The molecule has 0 bridgehead atoms. The Labute approximate surface area is 167 Å². The highest BCUT2D eigenvalue weighted by Gasteiger charge is 2.12. The lowest BCUT2D eigenvalue weighted by Gasteiger charge is -2.07. The molecule has 0 aliphatic heterocycles. The van der Waals surface area contributed by atoms with Gasteiger partial charge in [-0.05, 0) is 42.8 Å². The number of carbonyl (C=O) groups is 1. The zero-order valence-corrected chi connectivity index (χ0v) is 16.0. The van der Waals surface area contributed by atoms with Crippen LogP contribution in [0.15, 0.2) is 47.6 Å². The molecule has 28 heavy (non-hydrogen) atoms. The van der Waals surface area contributed by atoms with Crippen molar-refractivity contribution in [2.24, 2.45) is 5.10 Å². The summed E-state index contributed by atoms with van der Waals surface area (Å²) >= 11 is 5.83. The molecule has 0 atom stereocenters. The Morgan fingerprint density at radius 1 is 1.21 bits per heavy atom. The van der Waals surface area contributed by atoms with Crippen molar-refractivity contribution in [3.63, 3.8) is 0 Å². The van der Waals surface area contributed by atoms with E-state index in [4.69, 9.17) is 21.1 Å². The first kappa shape index (κ1) is 21.2. The fraction of sp³-hybridized carbons (Fsp3) is 0.263. The third kappa shape index (κ3) is 6.88. The molecule has 8 nitrogen and oxygen atoms in total. The van der Waals surface area contributed by atoms with Crippen LogP contribution in [0.2, 0.25) is 5.02 Å². The van der Waals surface area contributed by atoms with Gasteiger partial charge in [-0.15, -0.1) is 0 Å². The van der Waals surface area contributed by atoms with E-state index >= 15 is 0 Å². The molecule has 1 N–H and O–H groups in total. The van der Waals surface area contributed by atoms with Crippen molar-refractivity contribution in [3.05, 3.63) is 63.2 Å². The van der Waals surface area contributed by atoms with Crippen LogP contribution >= 0.6 is 11.6 Å². The maximum atomic E-state index is 11.8. The highest BCUT2D eigenvalue weighted by molar-refractivity contribution is 6.31. The summed E-state index contributed by atoms with van der Waals surface area (Å²) in [6.45, 7) is 2.48. The van der Waals surface area contributed by atoms with Gasteiger partial charge in [0.1, 0.15) is 11.5 Å². The highest BCUT2D eigenvalue weighted by atomic mass is 35.5. The molecule has 0 aliphatic carbocycles. The van der Waals surface area contributed by atoms with Crippen molar-refractivity contribution >= 4 is 29.4 Å². The maximum Gasteiger partial charge on any atom is 0.278 e. The Balaban J connectivity index is 1.82. The van der Waals surface area contributed by atoms with Gasteiger partial charge in [-0.2, -0.15) is 5.10 Å². The molecular formula is C19H20ClN3O5. The molecule has 0 saturated heterocycles. The molecule has 0 aliphatic rings. The van der Waals surface area contributed by atoms with Crippen LogP contribution in [-0.4, -0.2) is 30.3 Å². The van der Waals surface area contributed by atoms with Gasteiger partial charge in [0.2, 0.25) is 0 Å². The topological polar surface area (TPSA) is 103 Å². The van der Waals surface area contributed by atoms with Gasteiger partial charge in [0.15, 0.2) is 6.61 Å². The summed E-state index contributed by atoms with van der Waals surface area (Å²) in [4.78, 5) is 22.2. The predicted molar refractivity (Wildman–Crippen MR) is 106 cm³/mol. The number of unbranched alkanes of at least 4 members (excludes halogenated alkanes) is 1. The van der Waals surface area contributed by atoms with E-state index in [2.05, 4.69) is 17.5 Å². The van der Waals surface area contributed by atoms with E-state index in [9.17, 15) is 14.9 Å². The molecule has 2 aromatic rings. The second-order valence-electron chi connectivity index (χ2n) is 5.72. The first-order valence-corrected chi connectivity index (χ1v) is 8.99. The minimum atomic E-state index is -0.557. The number of amides is 1. The van der Waals surface area contributed by atoms with Crippen molar-refractivity contribution in [1.82, 2.24) is 5.43 Å². The summed E-state index contributed by atoms with van der Waals surface area (Å²) in [6.07, 6.45) is 3.20. The average molecular weight is 406 g/mol. The third-order valence-electron chi connectivity index (χ3n) is 3.54. The van der Waals surface area contributed by atoms with Crippen molar-refractivity contribution in [2.75, 3.05) is 13.2 Å². The zero-order valence-electron chi connectivity index (χ0n) is 15.3. The standard InChI is InChI=1S/C19H20ClN3O5/c1-2-3-10-27-16-5-7-17(8-6-16)28-13-19(24)22-21-12-14-11-15(20)4-9-18(14)23(25)26/h4-9,11-12H,2-3,10,13H2,1H3,(H,22,24)/b21-12-. The van der Waals surface area contributed by atoms with Crippen LogP contribution in [0.3, 0.4) is 0 Å². The molecule has 0 aromatic heterocycles. The van der Waals surface area contributed by atoms with E-state index in [1.165, 1.54) is 18.2 Å². The van der Waals surface area contributed by atoms with Gasteiger partial charge in [0.05, 0.1) is 23.3 Å². The number of nitrogens with zero attached hydrogens (tertiary/aromatic N) is 2. The molecule has 9 heteroatoms. The number of hydrogen-bond acceptors (Lipinski definition) is 6. The largest absolute Gasteiger partial charge is 0.494 e. The van der Waals surface area contributed by atoms with E-state index in [-0.39, 0.29) is 17.9 Å². The molecule has 2 rings (SSSR count). The quantitative estimate of drug-likeness (QED) is 0.279. The van der Waals surface area contributed by atoms with Crippen molar-refractivity contribution in [3.8, 4) is 11.5 Å². The molecule has 1 amide bonds. The van der Waals surface area contributed by atoms with Crippen LogP contribution in [0.4, 0.5) is 5.69 Å². The van der Waals surface area contributed by atoms with Gasteiger partial charge in [0.25, 0.3) is 11.6 Å². The van der Waals surface area contributed by atoms with E-state index in [1.54, 1.807) is 24.3 Å². The number of hydrazone groups is 1. The Morgan fingerprint density at radius 3 is 2.54 bits per heavy atom. The molecule has 0 heterocycles. The monoisotopic (exact) mass is 405 g/mol. The lowest BCUT2D eigenvalue weighted by molar-refractivity contribution is -0.385. The van der Waals surface area contributed by atoms with Crippen LogP contribution < -0.4 is 14.9 Å². The minimum Gasteiger partial charge on any atom is -0.494 e. The summed E-state index contributed by atoms with van der Waals surface area (Å²) in [5.74, 6) is 0.731. The van der Waals surface area contributed by atoms with Crippen LogP contribution in [0.25, 0.3) is 0 Å². The molecule has 0 radical (unpaired) electrons. The molecule has 148 valence electrons. The minimum absolute atomic E-state index is 0.167. The van der Waals surface area contributed by atoms with Gasteiger partial charge < -0.3 is 9.47 Å². The van der Waals surface area contributed by atoms with Gasteiger partial charge >= 0.3 is 0 Å². The normalized spacial score (nSPS) is 10.6. The molecule has 0 spiro atoms. The number of halogens is 1. The van der Waals surface area contributed by atoms with Crippen LogP contribution in [0, 0.1) is 10.1 Å². The lowest BCUT2D eigenvalue weighted by Crippen LogP contribution is -2.24. The van der Waals surface area contributed by atoms with Gasteiger partial charge in [-0.1, -0.05) is 24.9 Å². The Bertz CT molecular complexity index is 840. The first-order valence-electron chi connectivity index (χ1n) is 8.61. The molecular weight excluding hydrogens is 386 g/mol. The molecule has 0 fully saturated rings. The third-order valence-corrected chi connectivity index (χ3v) is 3.77. The maximum absolute atomic E-state index is 11.8. The number of nitro benzene ring substituents is 1. The van der Waals surface area contributed by atoms with E-state index in [0.29, 0.717) is 17.4 Å².